The van der Waals surface area contributed by atoms with Gasteiger partial charge >= 0.3 is 6.03 Å². The highest BCUT2D eigenvalue weighted by Crippen LogP contribution is 2.30. The third-order valence-electron chi connectivity index (χ3n) is 3.88. The number of hydrogen-bond donors (Lipinski definition) is 4. The molecule has 24 heavy (non-hydrogen) atoms. The number of nitrogens with one attached hydrogen (secondary N) is 3. The number of anilines is 1. The van der Waals surface area contributed by atoms with Crippen LogP contribution in [-0.2, 0) is 16.1 Å². The average Bonchev–Trinajstić information content (AvgIpc) is 3.36. The molecule has 7 heteroatoms. The minimum Gasteiger partial charge on any atom is -0.352 e. The lowest BCUT2D eigenvalue weighted by atomic mass is 10.0. The summed E-state index contributed by atoms with van der Waals surface area (Å²) in [6, 6.07) is 5.91. The van der Waals surface area contributed by atoms with Gasteiger partial charge in [-0.15, -0.1) is 0 Å². The van der Waals surface area contributed by atoms with Gasteiger partial charge in [0.1, 0.15) is 6.04 Å². The van der Waals surface area contributed by atoms with E-state index in [-0.39, 0.29) is 23.7 Å². The summed E-state index contributed by atoms with van der Waals surface area (Å²) in [5.41, 5.74) is 6.74. The molecule has 0 saturated heterocycles. The second kappa shape index (κ2) is 7.81. The predicted molar refractivity (Wildman–Crippen MR) is 91.0 cm³/mol. The molecule has 0 radical (unpaired) electrons. The second-order valence-electron chi connectivity index (χ2n) is 6.41. The third kappa shape index (κ3) is 5.26. The lowest BCUT2D eigenvalue weighted by Crippen LogP contribution is -2.51. The van der Waals surface area contributed by atoms with E-state index in [1.165, 1.54) is 0 Å². The zero-order valence-corrected chi connectivity index (χ0v) is 14.0. The van der Waals surface area contributed by atoms with Gasteiger partial charge in [0.25, 0.3) is 0 Å². The van der Waals surface area contributed by atoms with Crippen LogP contribution in [0.5, 0.6) is 0 Å². The van der Waals surface area contributed by atoms with Crippen molar-refractivity contribution < 1.29 is 14.4 Å². The van der Waals surface area contributed by atoms with Gasteiger partial charge < -0.3 is 21.7 Å². The predicted octanol–water partition coefficient (Wildman–Crippen LogP) is 1.34. The fourth-order valence-electron chi connectivity index (χ4n) is 2.28. The molecule has 1 aliphatic carbocycles. The monoisotopic (exact) mass is 332 g/mol. The first-order valence-corrected chi connectivity index (χ1v) is 8.10. The molecule has 7 nitrogen and oxygen atoms in total. The Morgan fingerprint density at radius 3 is 2.29 bits per heavy atom. The Bertz CT molecular complexity index is 609. The highest BCUT2D eigenvalue weighted by atomic mass is 16.2. The van der Waals surface area contributed by atoms with Gasteiger partial charge in [0.2, 0.25) is 11.8 Å². The number of hydrogen-bond acceptors (Lipinski definition) is 3. The standard InChI is InChI=1S/C17H24N4O3/c1-10(2)14(21-17(18)24)16(23)19-9-11-3-7-13(8-4-11)20-15(22)12-5-6-12/h3-4,7-8,10,12,14H,5-6,9H2,1-2H3,(H,19,23)(H,20,22)(H3,18,21,24)/t14-/m1/s1. The second-order valence-corrected chi connectivity index (χ2v) is 6.41. The first kappa shape index (κ1) is 17.8. The maximum Gasteiger partial charge on any atom is 0.312 e. The lowest BCUT2D eigenvalue weighted by molar-refractivity contribution is -0.124. The summed E-state index contributed by atoms with van der Waals surface area (Å²) in [5.74, 6) is -0.129. The van der Waals surface area contributed by atoms with E-state index >= 15 is 0 Å². The van der Waals surface area contributed by atoms with Gasteiger partial charge in [0.05, 0.1) is 0 Å². The number of nitrogens with two attached hydrogens (primary N) is 1. The van der Waals surface area contributed by atoms with Crippen LogP contribution in [0.1, 0.15) is 32.3 Å². The SMILES string of the molecule is CC(C)[C@@H](NC(N)=O)C(=O)NCc1ccc(NC(=O)C2CC2)cc1. The third-order valence-corrected chi connectivity index (χ3v) is 3.88. The first-order valence-electron chi connectivity index (χ1n) is 8.10. The normalized spacial score (nSPS) is 14.8. The summed E-state index contributed by atoms with van der Waals surface area (Å²) in [6.45, 7) is 3.99. The smallest absolute Gasteiger partial charge is 0.312 e. The Balaban J connectivity index is 1.85. The molecule has 130 valence electrons. The Morgan fingerprint density at radius 1 is 1.17 bits per heavy atom. The fourth-order valence-corrected chi connectivity index (χ4v) is 2.28. The summed E-state index contributed by atoms with van der Waals surface area (Å²) in [5, 5.41) is 8.08. The van der Waals surface area contributed by atoms with Crippen molar-refractivity contribution in [1.82, 2.24) is 10.6 Å². The number of carbonyl (C=O) groups is 3. The van der Waals surface area contributed by atoms with Gasteiger partial charge in [-0.25, -0.2) is 4.79 Å². The number of amides is 4. The molecule has 0 spiro atoms. The molecule has 0 aromatic heterocycles. The van der Waals surface area contributed by atoms with Crippen LogP contribution in [0.25, 0.3) is 0 Å². The van der Waals surface area contributed by atoms with Crippen molar-refractivity contribution in [2.45, 2.75) is 39.3 Å². The molecule has 1 aliphatic rings. The Kier molecular flexibility index (Phi) is 5.78. The van der Waals surface area contributed by atoms with Gasteiger partial charge in [-0.3, -0.25) is 9.59 Å². The van der Waals surface area contributed by atoms with Crippen LogP contribution in [0.3, 0.4) is 0 Å². The van der Waals surface area contributed by atoms with Gasteiger partial charge in [-0.1, -0.05) is 26.0 Å². The average molecular weight is 332 g/mol. The number of primary amides is 1. The molecule has 4 amide bonds. The lowest BCUT2D eigenvalue weighted by Gasteiger charge is -2.20. The van der Waals surface area contributed by atoms with Crippen LogP contribution >= 0.6 is 0 Å². The van der Waals surface area contributed by atoms with Crippen molar-refractivity contribution in [3.63, 3.8) is 0 Å². The molecule has 1 aromatic carbocycles. The van der Waals surface area contributed by atoms with Crippen LogP contribution in [0, 0.1) is 11.8 Å². The summed E-state index contributed by atoms with van der Waals surface area (Å²) < 4.78 is 0. The molecule has 0 bridgehead atoms. The molecule has 5 N–H and O–H groups in total. The summed E-state index contributed by atoms with van der Waals surface area (Å²) in [7, 11) is 0. The fraction of sp³-hybridized carbons (Fsp3) is 0.471. The molecular formula is C17H24N4O3. The summed E-state index contributed by atoms with van der Waals surface area (Å²) in [4.78, 5) is 34.8. The van der Waals surface area contributed by atoms with Crippen molar-refractivity contribution in [3.8, 4) is 0 Å². The maximum absolute atomic E-state index is 12.1. The molecule has 1 aromatic rings. The molecule has 1 saturated carbocycles. The quantitative estimate of drug-likeness (QED) is 0.604. The van der Waals surface area contributed by atoms with Crippen LogP contribution in [0.2, 0.25) is 0 Å². The summed E-state index contributed by atoms with van der Waals surface area (Å²) in [6.07, 6.45) is 1.93. The van der Waals surface area contributed by atoms with Crippen molar-refractivity contribution >= 4 is 23.5 Å². The van der Waals surface area contributed by atoms with Gasteiger partial charge in [0.15, 0.2) is 0 Å². The summed E-state index contributed by atoms with van der Waals surface area (Å²) >= 11 is 0. The van der Waals surface area contributed by atoms with Crippen LogP contribution in [0.4, 0.5) is 10.5 Å². The molecule has 1 atom stereocenters. The molecule has 0 aliphatic heterocycles. The van der Waals surface area contributed by atoms with Crippen molar-refractivity contribution in [3.05, 3.63) is 29.8 Å². The number of carbonyl (C=O) groups excluding carboxylic acids is 3. The van der Waals surface area contributed by atoms with Crippen LogP contribution in [-0.4, -0.2) is 23.9 Å². The topological polar surface area (TPSA) is 113 Å². The first-order chi connectivity index (χ1) is 11.4. The van der Waals surface area contributed by atoms with Crippen molar-refractivity contribution in [1.29, 1.82) is 0 Å². The molecule has 2 rings (SSSR count). The van der Waals surface area contributed by atoms with Gasteiger partial charge in [-0.05, 0) is 36.5 Å². The number of rotatable bonds is 7. The maximum atomic E-state index is 12.1. The Labute approximate surface area is 141 Å². The van der Waals surface area contributed by atoms with E-state index in [2.05, 4.69) is 16.0 Å². The van der Waals surface area contributed by atoms with E-state index < -0.39 is 12.1 Å². The van der Waals surface area contributed by atoms with E-state index in [1.807, 2.05) is 38.1 Å². The van der Waals surface area contributed by atoms with Crippen molar-refractivity contribution in [2.24, 2.45) is 17.6 Å². The van der Waals surface area contributed by atoms with Gasteiger partial charge in [0, 0.05) is 18.2 Å². The van der Waals surface area contributed by atoms with E-state index in [0.29, 0.717) is 6.54 Å². The Morgan fingerprint density at radius 2 is 1.79 bits per heavy atom. The molecular weight excluding hydrogens is 308 g/mol. The molecule has 1 fully saturated rings. The van der Waals surface area contributed by atoms with E-state index in [9.17, 15) is 14.4 Å². The van der Waals surface area contributed by atoms with Gasteiger partial charge in [-0.2, -0.15) is 0 Å². The Hall–Kier alpha value is -2.57. The molecule has 0 unspecified atom stereocenters. The number of urea groups is 1. The van der Waals surface area contributed by atoms with E-state index in [1.54, 1.807) is 0 Å². The van der Waals surface area contributed by atoms with Crippen LogP contribution < -0.4 is 21.7 Å². The minimum absolute atomic E-state index is 0.0633. The highest BCUT2D eigenvalue weighted by molar-refractivity contribution is 5.94. The zero-order chi connectivity index (χ0) is 17.7. The molecule has 0 heterocycles. The van der Waals surface area contributed by atoms with Crippen LogP contribution in [0.15, 0.2) is 24.3 Å². The number of benzene rings is 1. The minimum atomic E-state index is -0.723. The zero-order valence-electron chi connectivity index (χ0n) is 14.0. The van der Waals surface area contributed by atoms with Crippen molar-refractivity contribution in [2.75, 3.05) is 5.32 Å². The highest BCUT2D eigenvalue weighted by Gasteiger charge is 2.29. The van der Waals surface area contributed by atoms with E-state index in [4.69, 9.17) is 5.73 Å². The van der Waals surface area contributed by atoms with E-state index in [0.717, 1.165) is 24.1 Å². The largest absolute Gasteiger partial charge is 0.352 e.